The maximum absolute atomic E-state index is 11.7. The topological polar surface area (TPSA) is 29.5 Å². The predicted molar refractivity (Wildman–Crippen MR) is 49.3 cm³/mol. The molecule has 2 aliphatic rings. The molecule has 2 heterocycles. The molecule has 0 saturated carbocycles. The smallest absolute Gasteiger partial charge is 0.225 e. The highest BCUT2D eigenvalue weighted by Gasteiger charge is 2.45. The van der Waals surface area contributed by atoms with Crippen molar-refractivity contribution in [1.29, 1.82) is 0 Å². The third-order valence-corrected chi connectivity index (χ3v) is 3.06. The van der Waals surface area contributed by atoms with Gasteiger partial charge in [-0.1, -0.05) is 13.8 Å². The zero-order chi connectivity index (χ0) is 9.47. The lowest BCUT2D eigenvalue weighted by Crippen LogP contribution is -2.45. The Morgan fingerprint density at radius 2 is 2.15 bits per heavy atom. The van der Waals surface area contributed by atoms with Crippen molar-refractivity contribution in [2.75, 3.05) is 26.3 Å². The summed E-state index contributed by atoms with van der Waals surface area (Å²) in [6.07, 6.45) is 1.13. The highest BCUT2D eigenvalue weighted by Crippen LogP contribution is 2.37. The number of amides is 1. The lowest BCUT2D eigenvalue weighted by molar-refractivity contribution is -0.137. The molecule has 0 radical (unpaired) electrons. The Bertz CT molecular complexity index is 221. The first-order valence-electron chi connectivity index (χ1n) is 5.00. The lowest BCUT2D eigenvalue weighted by atomic mass is 9.85. The molecule has 0 N–H and O–H groups in total. The summed E-state index contributed by atoms with van der Waals surface area (Å²) in [6.45, 7) is 7.49. The van der Waals surface area contributed by atoms with Crippen LogP contribution in [0.4, 0.5) is 0 Å². The van der Waals surface area contributed by atoms with Gasteiger partial charge in [-0.2, -0.15) is 0 Å². The Morgan fingerprint density at radius 3 is 2.54 bits per heavy atom. The van der Waals surface area contributed by atoms with E-state index < -0.39 is 0 Å². The quantitative estimate of drug-likeness (QED) is 0.604. The van der Waals surface area contributed by atoms with Crippen molar-refractivity contribution >= 4 is 5.91 Å². The van der Waals surface area contributed by atoms with Crippen LogP contribution in [0.5, 0.6) is 0 Å². The van der Waals surface area contributed by atoms with Crippen molar-refractivity contribution < 1.29 is 9.53 Å². The number of ether oxygens (including phenoxy) is 1. The molecule has 2 rings (SSSR count). The van der Waals surface area contributed by atoms with Crippen LogP contribution in [0.1, 0.15) is 20.3 Å². The monoisotopic (exact) mass is 183 g/mol. The Balaban J connectivity index is 1.94. The molecular formula is C10H17NO2. The highest BCUT2D eigenvalue weighted by atomic mass is 16.5. The van der Waals surface area contributed by atoms with Gasteiger partial charge in [0.15, 0.2) is 0 Å². The van der Waals surface area contributed by atoms with Crippen molar-refractivity contribution in [3.63, 3.8) is 0 Å². The van der Waals surface area contributed by atoms with Gasteiger partial charge in [0.1, 0.15) is 0 Å². The van der Waals surface area contributed by atoms with Crippen LogP contribution in [-0.2, 0) is 9.53 Å². The number of rotatable bonds is 1. The maximum atomic E-state index is 11.7. The van der Waals surface area contributed by atoms with Gasteiger partial charge in [0, 0.05) is 24.4 Å². The Labute approximate surface area is 79.0 Å². The zero-order valence-electron chi connectivity index (χ0n) is 8.38. The number of nitrogens with zero attached hydrogens (tertiary/aromatic N) is 1. The van der Waals surface area contributed by atoms with Gasteiger partial charge in [-0.3, -0.25) is 4.79 Å². The summed E-state index contributed by atoms with van der Waals surface area (Å²) < 4.78 is 5.21. The molecule has 3 heteroatoms. The van der Waals surface area contributed by atoms with Gasteiger partial charge in [0.2, 0.25) is 5.91 Å². The standard InChI is InChI=1S/C10H17NO2/c1-8(2)9(12)11-4-3-10(5-11)6-13-7-10/h8H,3-7H2,1-2H3. The molecule has 13 heavy (non-hydrogen) atoms. The minimum atomic E-state index is 0.135. The molecule has 2 saturated heterocycles. The molecule has 74 valence electrons. The molecule has 2 fully saturated rings. The number of carbonyl (C=O) groups is 1. The van der Waals surface area contributed by atoms with Gasteiger partial charge in [-0.25, -0.2) is 0 Å². The van der Waals surface area contributed by atoms with Gasteiger partial charge in [0.25, 0.3) is 0 Å². The maximum Gasteiger partial charge on any atom is 0.225 e. The van der Waals surface area contributed by atoms with E-state index in [0.717, 1.165) is 32.7 Å². The van der Waals surface area contributed by atoms with E-state index >= 15 is 0 Å². The molecule has 0 aliphatic carbocycles. The minimum absolute atomic E-state index is 0.135. The summed E-state index contributed by atoms with van der Waals surface area (Å²) in [4.78, 5) is 13.7. The van der Waals surface area contributed by atoms with Crippen LogP contribution in [0.3, 0.4) is 0 Å². The molecule has 0 unspecified atom stereocenters. The molecule has 0 aromatic carbocycles. The van der Waals surface area contributed by atoms with Crippen LogP contribution in [0.25, 0.3) is 0 Å². The summed E-state index contributed by atoms with van der Waals surface area (Å²) in [5.41, 5.74) is 0.338. The Morgan fingerprint density at radius 1 is 1.46 bits per heavy atom. The number of hydrogen-bond acceptors (Lipinski definition) is 2. The van der Waals surface area contributed by atoms with E-state index in [1.807, 2.05) is 18.7 Å². The Kier molecular flexibility index (Phi) is 2.06. The lowest BCUT2D eigenvalue weighted by Gasteiger charge is -2.37. The third-order valence-electron chi connectivity index (χ3n) is 3.06. The first-order valence-corrected chi connectivity index (χ1v) is 5.00. The first kappa shape index (κ1) is 9.00. The Hall–Kier alpha value is -0.570. The fourth-order valence-corrected chi connectivity index (χ4v) is 2.11. The molecule has 0 aromatic rings. The van der Waals surface area contributed by atoms with Gasteiger partial charge >= 0.3 is 0 Å². The van der Waals surface area contributed by atoms with Crippen LogP contribution in [0, 0.1) is 11.3 Å². The number of likely N-dealkylation sites (tertiary alicyclic amines) is 1. The average molecular weight is 183 g/mol. The van der Waals surface area contributed by atoms with Crippen molar-refractivity contribution in [2.45, 2.75) is 20.3 Å². The average Bonchev–Trinajstić information content (AvgIpc) is 2.45. The summed E-state index contributed by atoms with van der Waals surface area (Å²) >= 11 is 0. The van der Waals surface area contributed by atoms with E-state index in [0.29, 0.717) is 11.3 Å². The van der Waals surface area contributed by atoms with Crippen molar-refractivity contribution in [1.82, 2.24) is 4.90 Å². The van der Waals surface area contributed by atoms with Crippen LogP contribution in [0.2, 0.25) is 0 Å². The molecule has 1 amide bonds. The van der Waals surface area contributed by atoms with Crippen molar-refractivity contribution in [3.05, 3.63) is 0 Å². The second-order valence-electron chi connectivity index (χ2n) is 4.66. The third kappa shape index (κ3) is 1.46. The molecule has 0 aromatic heterocycles. The molecular weight excluding hydrogens is 166 g/mol. The zero-order valence-corrected chi connectivity index (χ0v) is 8.38. The second kappa shape index (κ2) is 2.98. The SMILES string of the molecule is CC(C)C(=O)N1CCC2(COC2)C1. The minimum Gasteiger partial charge on any atom is -0.380 e. The first-order chi connectivity index (χ1) is 6.13. The van der Waals surface area contributed by atoms with Gasteiger partial charge in [0.05, 0.1) is 13.2 Å². The molecule has 2 aliphatic heterocycles. The van der Waals surface area contributed by atoms with Crippen LogP contribution >= 0.6 is 0 Å². The fourth-order valence-electron chi connectivity index (χ4n) is 2.11. The van der Waals surface area contributed by atoms with E-state index in [2.05, 4.69) is 0 Å². The van der Waals surface area contributed by atoms with E-state index in [-0.39, 0.29) is 5.92 Å². The van der Waals surface area contributed by atoms with Gasteiger partial charge in [-0.15, -0.1) is 0 Å². The molecule has 0 atom stereocenters. The van der Waals surface area contributed by atoms with Gasteiger partial charge < -0.3 is 9.64 Å². The van der Waals surface area contributed by atoms with E-state index in [1.165, 1.54) is 0 Å². The summed E-state index contributed by atoms with van der Waals surface area (Å²) in [6, 6.07) is 0. The summed E-state index contributed by atoms with van der Waals surface area (Å²) in [5, 5.41) is 0. The normalized spacial score (nSPS) is 25.3. The van der Waals surface area contributed by atoms with Crippen LogP contribution in [-0.4, -0.2) is 37.1 Å². The van der Waals surface area contributed by atoms with E-state index in [1.54, 1.807) is 0 Å². The number of carbonyl (C=O) groups excluding carboxylic acids is 1. The predicted octanol–water partition coefficient (Wildman–Crippen LogP) is 0.891. The van der Waals surface area contributed by atoms with E-state index in [9.17, 15) is 4.79 Å². The fraction of sp³-hybridized carbons (Fsp3) is 0.900. The second-order valence-corrected chi connectivity index (χ2v) is 4.66. The summed E-state index contributed by atoms with van der Waals surface area (Å²) in [7, 11) is 0. The van der Waals surface area contributed by atoms with Crippen molar-refractivity contribution in [2.24, 2.45) is 11.3 Å². The van der Waals surface area contributed by atoms with Gasteiger partial charge in [-0.05, 0) is 6.42 Å². The summed E-state index contributed by atoms with van der Waals surface area (Å²) in [5.74, 6) is 0.430. The number of hydrogen-bond donors (Lipinski definition) is 0. The van der Waals surface area contributed by atoms with Crippen LogP contribution in [0.15, 0.2) is 0 Å². The highest BCUT2D eigenvalue weighted by molar-refractivity contribution is 5.78. The molecule has 1 spiro atoms. The molecule has 3 nitrogen and oxygen atoms in total. The molecule has 0 bridgehead atoms. The largest absolute Gasteiger partial charge is 0.380 e. The van der Waals surface area contributed by atoms with Crippen LogP contribution < -0.4 is 0 Å². The van der Waals surface area contributed by atoms with E-state index in [4.69, 9.17) is 4.74 Å². The van der Waals surface area contributed by atoms with Crippen molar-refractivity contribution in [3.8, 4) is 0 Å².